The van der Waals surface area contributed by atoms with Gasteiger partial charge in [-0.2, -0.15) is 5.26 Å². The topological polar surface area (TPSA) is 93.2 Å². The molecule has 94 valence electrons. The van der Waals surface area contributed by atoms with Crippen molar-refractivity contribution in [3.8, 4) is 6.07 Å². The van der Waals surface area contributed by atoms with E-state index < -0.39 is 16.9 Å². The molecule has 0 saturated carbocycles. The minimum absolute atomic E-state index is 0.0441. The Kier molecular flexibility index (Phi) is 4.81. The van der Waals surface area contributed by atoms with Gasteiger partial charge in [0.15, 0.2) is 0 Å². The number of hydrogen-bond acceptors (Lipinski definition) is 5. The highest BCUT2D eigenvalue weighted by molar-refractivity contribution is 5.74. The van der Waals surface area contributed by atoms with Crippen LogP contribution >= 0.6 is 0 Å². The third-order valence-corrected chi connectivity index (χ3v) is 2.33. The Bertz CT molecular complexity index is 476. The van der Waals surface area contributed by atoms with E-state index in [0.717, 1.165) is 0 Å². The third-order valence-electron chi connectivity index (χ3n) is 2.33. The van der Waals surface area contributed by atoms with Crippen LogP contribution in [0.5, 0.6) is 0 Å². The number of esters is 1. The second-order valence-corrected chi connectivity index (χ2v) is 3.57. The van der Waals surface area contributed by atoms with Crippen molar-refractivity contribution in [2.75, 3.05) is 6.61 Å². The molecule has 1 aromatic carbocycles. The minimum Gasteiger partial charge on any atom is -0.461 e. The van der Waals surface area contributed by atoms with Crippen molar-refractivity contribution in [1.29, 1.82) is 5.26 Å². The molecule has 1 aromatic rings. The molecule has 18 heavy (non-hydrogen) atoms. The van der Waals surface area contributed by atoms with E-state index in [1.54, 1.807) is 31.2 Å². The molecule has 0 N–H and O–H groups in total. The first kappa shape index (κ1) is 13.6. The van der Waals surface area contributed by atoms with E-state index in [-0.39, 0.29) is 13.0 Å². The van der Waals surface area contributed by atoms with Gasteiger partial charge in [0.05, 0.1) is 24.7 Å². The van der Waals surface area contributed by atoms with Crippen LogP contribution in [0, 0.1) is 21.4 Å². The Hall–Kier alpha value is -2.42. The normalized spacial score (nSPS) is 11.3. The minimum atomic E-state index is -1.40. The van der Waals surface area contributed by atoms with Gasteiger partial charge < -0.3 is 4.74 Å². The standard InChI is InChI=1S/C12H12N2O4/c1-2-18-12(15)11(14(16)17)7-9-3-5-10(8-13)6-4-9/h3-6,11H,2,7H2,1H3. The fourth-order valence-electron chi connectivity index (χ4n) is 1.42. The first-order valence-corrected chi connectivity index (χ1v) is 5.37. The fraction of sp³-hybridized carbons (Fsp3) is 0.333. The largest absolute Gasteiger partial charge is 0.461 e. The van der Waals surface area contributed by atoms with E-state index in [1.807, 2.05) is 6.07 Å². The summed E-state index contributed by atoms with van der Waals surface area (Å²) in [6.45, 7) is 1.70. The molecule has 0 aromatic heterocycles. The summed E-state index contributed by atoms with van der Waals surface area (Å²) in [5, 5.41) is 19.4. The van der Waals surface area contributed by atoms with Crippen molar-refractivity contribution >= 4 is 5.97 Å². The Balaban J connectivity index is 2.80. The zero-order valence-corrected chi connectivity index (χ0v) is 9.83. The van der Waals surface area contributed by atoms with Crippen molar-refractivity contribution < 1.29 is 14.5 Å². The molecular formula is C12H12N2O4. The molecule has 0 fully saturated rings. The summed E-state index contributed by atoms with van der Waals surface area (Å²) in [5.41, 5.74) is 1.08. The average molecular weight is 248 g/mol. The van der Waals surface area contributed by atoms with Gasteiger partial charge in [0.25, 0.3) is 0 Å². The van der Waals surface area contributed by atoms with Crippen molar-refractivity contribution in [3.05, 3.63) is 45.5 Å². The molecule has 0 aliphatic carbocycles. The van der Waals surface area contributed by atoms with Crippen LogP contribution in [0.15, 0.2) is 24.3 Å². The molecule has 0 spiro atoms. The highest BCUT2D eigenvalue weighted by Crippen LogP contribution is 2.09. The highest BCUT2D eigenvalue weighted by Gasteiger charge is 2.31. The van der Waals surface area contributed by atoms with Crippen molar-refractivity contribution in [2.45, 2.75) is 19.4 Å². The Labute approximate surface area is 104 Å². The molecule has 1 unspecified atom stereocenters. The van der Waals surface area contributed by atoms with Gasteiger partial charge in [-0.05, 0) is 24.6 Å². The molecule has 1 atom stereocenters. The van der Waals surface area contributed by atoms with Gasteiger partial charge in [0.1, 0.15) is 0 Å². The van der Waals surface area contributed by atoms with Crippen molar-refractivity contribution in [1.82, 2.24) is 0 Å². The predicted octanol–water partition coefficient (Wildman–Crippen LogP) is 1.31. The van der Waals surface area contributed by atoms with Gasteiger partial charge in [0, 0.05) is 4.92 Å². The van der Waals surface area contributed by atoms with E-state index in [2.05, 4.69) is 4.74 Å². The maximum atomic E-state index is 11.4. The Morgan fingerprint density at radius 3 is 2.56 bits per heavy atom. The molecule has 0 amide bonds. The van der Waals surface area contributed by atoms with E-state index in [9.17, 15) is 14.9 Å². The van der Waals surface area contributed by atoms with Crippen molar-refractivity contribution in [2.24, 2.45) is 0 Å². The zero-order valence-electron chi connectivity index (χ0n) is 9.83. The van der Waals surface area contributed by atoms with Crippen LogP contribution in [0.25, 0.3) is 0 Å². The Morgan fingerprint density at radius 2 is 2.11 bits per heavy atom. The number of nitro groups is 1. The summed E-state index contributed by atoms with van der Waals surface area (Å²) in [6, 6.07) is 6.83. The molecule has 6 nitrogen and oxygen atoms in total. The van der Waals surface area contributed by atoms with Crippen LogP contribution in [-0.4, -0.2) is 23.5 Å². The van der Waals surface area contributed by atoms with E-state index >= 15 is 0 Å². The lowest BCUT2D eigenvalue weighted by atomic mass is 10.0. The summed E-state index contributed by atoms with van der Waals surface area (Å²) in [7, 11) is 0. The molecule has 1 rings (SSSR count). The number of hydrogen-bond donors (Lipinski definition) is 0. The Morgan fingerprint density at radius 1 is 1.50 bits per heavy atom. The molecule has 6 heteroatoms. The first-order chi connectivity index (χ1) is 8.58. The quantitative estimate of drug-likeness (QED) is 0.445. The number of rotatable bonds is 5. The van der Waals surface area contributed by atoms with E-state index in [1.165, 1.54) is 0 Å². The fourth-order valence-corrected chi connectivity index (χ4v) is 1.42. The summed E-state index contributed by atoms with van der Waals surface area (Å²) in [4.78, 5) is 21.5. The van der Waals surface area contributed by atoms with Crippen LogP contribution < -0.4 is 0 Å². The van der Waals surface area contributed by atoms with Crippen LogP contribution in [0.2, 0.25) is 0 Å². The van der Waals surface area contributed by atoms with Gasteiger partial charge in [-0.15, -0.1) is 0 Å². The molecule has 0 aliphatic rings. The first-order valence-electron chi connectivity index (χ1n) is 5.37. The van der Waals surface area contributed by atoms with Crippen LogP contribution in [0.4, 0.5) is 0 Å². The lowest BCUT2D eigenvalue weighted by molar-refractivity contribution is -0.510. The van der Waals surface area contributed by atoms with Crippen LogP contribution in [-0.2, 0) is 16.0 Å². The molecule has 0 heterocycles. The number of ether oxygens (including phenoxy) is 1. The van der Waals surface area contributed by atoms with Gasteiger partial charge in [-0.1, -0.05) is 12.1 Å². The number of benzene rings is 1. The highest BCUT2D eigenvalue weighted by atomic mass is 16.6. The molecule has 0 saturated heterocycles. The molecule has 0 bridgehead atoms. The molecule has 0 radical (unpaired) electrons. The van der Waals surface area contributed by atoms with Crippen LogP contribution in [0.3, 0.4) is 0 Å². The summed E-state index contributed by atoms with van der Waals surface area (Å²) < 4.78 is 4.65. The van der Waals surface area contributed by atoms with E-state index in [4.69, 9.17) is 5.26 Å². The number of nitriles is 1. The second kappa shape index (κ2) is 6.35. The van der Waals surface area contributed by atoms with Gasteiger partial charge >= 0.3 is 12.0 Å². The second-order valence-electron chi connectivity index (χ2n) is 3.57. The third kappa shape index (κ3) is 3.56. The zero-order chi connectivity index (χ0) is 13.5. The summed E-state index contributed by atoms with van der Waals surface area (Å²) in [5.74, 6) is -0.841. The smallest absolute Gasteiger partial charge is 0.382 e. The predicted molar refractivity (Wildman–Crippen MR) is 62.3 cm³/mol. The monoisotopic (exact) mass is 248 g/mol. The molecule has 0 aliphatic heterocycles. The maximum Gasteiger partial charge on any atom is 0.382 e. The average Bonchev–Trinajstić information content (AvgIpc) is 2.36. The SMILES string of the molecule is CCOC(=O)C(Cc1ccc(C#N)cc1)[N+](=O)[O-]. The maximum absolute atomic E-state index is 11.4. The van der Waals surface area contributed by atoms with Gasteiger partial charge in [-0.25, -0.2) is 4.79 Å². The van der Waals surface area contributed by atoms with Gasteiger partial charge in [0.2, 0.25) is 0 Å². The van der Waals surface area contributed by atoms with Gasteiger partial charge in [-0.3, -0.25) is 10.1 Å². The summed E-state index contributed by atoms with van der Waals surface area (Å²) in [6.07, 6.45) is -0.0441. The molecular weight excluding hydrogens is 236 g/mol. The summed E-state index contributed by atoms with van der Waals surface area (Å²) >= 11 is 0. The lowest BCUT2D eigenvalue weighted by Crippen LogP contribution is -2.33. The number of carbonyl (C=O) groups excluding carboxylic acids is 1. The number of nitrogens with zero attached hydrogens (tertiary/aromatic N) is 2. The van der Waals surface area contributed by atoms with E-state index in [0.29, 0.717) is 11.1 Å². The van der Waals surface area contributed by atoms with Crippen LogP contribution in [0.1, 0.15) is 18.1 Å². The lowest BCUT2D eigenvalue weighted by Gasteiger charge is -2.08. The number of carbonyl (C=O) groups is 1. The van der Waals surface area contributed by atoms with Crippen molar-refractivity contribution in [3.63, 3.8) is 0 Å².